The quantitative estimate of drug-likeness (QED) is 0.740. The summed E-state index contributed by atoms with van der Waals surface area (Å²) >= 11 is 0. The zero-order chi connectivity index (χ0) is 12.1. The molecule has 1 atom stereocenters. The largest absolute Gasteiger partial charge is 0.481 e. The smallest absolute Gasteiger partial charge is 0.303 e. The van der Waals surface area contributed by atoms with Gasteiger partial charge in [-0.25, -0.2) is 0 Å². The van der Waals surface area contributed by atoms with Gasteiger partial charge in [-0.15, -0.1) is 0 Å². The fourth-order valence-corrected chi connectivity index (χ4v) is 1.51. The number of carbonyl (C=O) groups is 1. The molecule has 0 aliphatic carbocycles. The van der Waals surface area contributed by atoms with E-state index in [4.69, 9.17) is 5.11 Å². The second-order valence-corrected chi connectivity index (χ2v) is 5.78. The van der Waals surface area contributed by atoms with E-state index in [9.17, 15) is 4.79 Å². The lowest BCUT2D eigenvalue weighted by atomic mass is 9.92. The molecule has 0 aliphatic rings. The van der Waals surface area contributed by atoms with E-state index < -0.39 is 5.97 Å². The van der Waals surface area contributed by atoms with Crippen LogP contribution < -0.4 is 0 Å². The SMILES string of the molecule is CC(CC(=O)O)CN(C)CCC(C)(C)C. The van der Waals surface area contributed by atoms with Crippen molar-refractivity contribution in [2.45, 2.75) is 40.5 Å². The zero-order valence-electron chi connectivity index (χ0n) is 10.7. The van der Waals surface area contributed by atoms with Crippen molar-refractivity contribution in [3.05, 3.63) is 0 Å². The Balaban J connectivity index is 3.73. The van der Waals surface area contributed by atoms with Crippen LogP contribution >= 0.6 is 0 Å². The summed E-state index contributed by atoms with van der Waals surface area (Å²) in [4.78, 5) is 12.7. The maximum Gasteiger partial charge on any atom is 0.303 e. The van der Waals surface area contributed by atoms with E-state index in [2.05, 4.69) is 32.7 Å². The Hall–Kier alpha value is -0.570. The number of hydrogen-bond acceptors (Lipinski definition) is 2. The number of hydrogen-bond donors (Lipinski definition) is 1. The van der Waals surface area contributed by atoms with Gasteiger partial charge in [0, 0.05) is 13.0 Å². The fourth-order valence-electron chi connectivity index (χ4n) is 1.51. The Kier molecular flexibility index (Phi) is 5.88. The Morgan fingerprint density at radius 1 is 1.40 bits per heavy atom. The molecule has 0 aromatic carbocycles. The molecule has 0 rings (SSSR count). The van der Waals surface area contributed by atoms with Gasteiger partial charge in [0.2, 0.25) is 0 Å². The third-order valence-electron chi connectivity index (χ3n) is 2.39. The highest BCUT2D eigenvalue weighted by Gasteiger charge is 2.14. The Bertz CT molecular complexity index is 196. The van der Waals surface area contributed by atoms with Crippen LogP contribution in [0.4, 0.5) is 0 Å². The molecule has 0 saturated heterocycles. The van der Waals surface area contributed by atoms with Crippen LogP contribution in [0.5, 0.6) is 0 Å². The van der Waals surface area contributed by atoms with E-state index in [0.29, 0.717) is 5.41 Å². The predicted octanol–water partition coefficient (Wildman–Crippen LogP) is 2.47. The van der Waals surface area contributed by atoms with Crippen molar-refractivity contribution in [2.24, 2.45) is 11.3 Å². The van der Waals surface area contributed by atoms with Crippen molar-refractivity contribution in [3.63, 3.8) is 0 Å². The standard InChI is InChI=1S/C12H25NO2/c1-10(8-11(14)15)9-13(5)7-6-12(2,3)4/h10H,6-9H2,1-5H3,(H,14,15). The summed E-state index contributed by atoms with van der Waals surface area (Å²) in [5, 5.41) is 8.64. The third kappa shape index (κ3) is 9.73. The number of aliphatic carboxylic acids is 1. The lowest BCUT2D eigenvalue weighted by molar-refractivity contribution is -0.138. The molecule has 0 saturated carbocycles. The molecule has 1 N–H and O–H groups in total. The second-order valence-electron chi connectivity index (χ2n) is 5.78. The van der Waals surface area contributed by atoms with Crippen molar-refractivity contribution in [2.75, 3.05) is 20.1 Å². The minimum atomic E-state index is -0.702. The number of carboxylic acids is 1. The number of nitrogens with zero attached hydrogens (tertiary/aromatic N) is 1. The van der Waals surface area contributed by atoms with Gasteiger partial charge >= 0.3 is 5.97 Å². The molecule has 1 unspecified atom stereocenters. The summed E-state index contributed by atoms with van der Waals surface area (Å²) in [5.41, 5.74) is 0.351. The van der Waals surface area contributed by atoms with Gasteiger partial charge in [-0.05, 0) is 31.3 Å². The highest BCUT2D eigenvalue weighted by molar-refractivity contribution is 5.66. The normalized spacial score (nSPS) is 14.3. The van der Waals surface area contributed by atoms with Gasteiger partial charge in [-0.1, -0.05) is 27.7 Å². The van der Waals surface area contributed by atoms with Gasteiger partial charge in [-0.2, -0.15) is 0 Å². The molecule has 0 aliphatic heterocycles. The maximum absolute atomic E-state index is 10.5. The van der Waals surface area contributed by atoms with E-state index in [1.807, 2.05) is 6.92 Å². The van der Waals surface area contributed by atoms with Crippen LogP contribution in [-0.4, -0.2) is 36.1 Å². The van der Waals surface area contributed by atoms with E-state index in [0.717, 1.165) is 19.5 Å². The van der Waals surface area contributed by atoms with Crippen molar-refractivity contribution < 1.29 is 9.90 Å². The van der Waals surface area contributed by atoms with Gasteiger partial charge in [0.05, 0.1) is 0 Å². The molecule has 0 aromatic heterocycles. The Morgan fingerprint density at radius 3 is 2.33 bits per heavy atom. The molecule has 0 aromatic rings. The Labute approximate surface area is 93.5 Å². The molecular weight excluding hydrogens is 190 g/mol. The highest BCUT2D eigenvalue weighted by Crippen LogP contribution is 2.18. The van der Waals surface area contributed by atoms with Crippen LogP contribution in [-0.2, 0) is 4.79 Å². The van der Waals surface area contributed by atoms with Crippen LogP contribution in [0.15, 0.2) is 0 Å². The van der Waals surface area contributed by atoms with Crippen molar-refractivity contribution in [3.8, 4) is 0 Å². The van der Waals surface area contributed by atoms with E-state index in [1.54, 1.807) is 0 Å². The van der Waals surface area contributed by atoms with Crippen molar-refractivity contribution in [1.29, 1.82) is 0 Å². The first-order valence-electron chi connectivity index (χ1n) is 5.61. The molecule has 0 heterocycles. The zero-order valence-corrected chi connectivity index (χ0v) is 10.7. The average molecular weight is 215 g/mol. The van der Waals surface area contributed by atoms with Crippen LogP contribution in [0, 0.1) is 11.3 Å². The number of carboxylic acid groups (broad SMARTS) is 1. The summed E-state index contributed by atoms with van der Waals surface area (Å²) in [5.74, 6) is -0.473. The highest BCUT2D eigenvalue weighted by atomic mass is 16.4. The molecule has 0 fully saturated rings. The Morgan fingerprint density at radius 2 is 1.93 bits per heavy atom. The van der Waals surface area contributed by atoms with Crippen LogP contribution in [0.3, 0.4) is 0 Å². The first-order chi connectivity index (χ1) is 6.70. The summed E-state index contributed by atoms with van der Waals surface area (Å²) < 4.78 is 0. The first kappa shape index (κ1) is 14.4. The van der Waals surface area contributed by atoms with Crippen LogP contribution in [0.25, 0.3) is 0 Å². The molecule has 0 bridgehead atoms. The third-order valence-corrected chi connectivity index (χ3v) is 2.39. The minimum absolute atomic E-state index is 0.229. The summed E-state index contributed by atoms with van der Waals surface area (Å²) in [6, 6.07) is 0. The van der Waals surface area contributed by atoms with Gasteiger partial charge < -0.3 is 10.0 Å². The van der Waals surface area contributed by atoms with Crippen LogP contribution in [0.2, 0.25) is 0 Å². The lowest BCUT2D eigenvalue weighted by Crippen LogP contribution is -2.28. The molecule has 15 heavy (non-hydrogen) atoms. The summed E-state index contributed by atoms with van der Waals surface area (Å²) in [6.07, 6.45) is 1.41. The van der Waals surface area contributed by atoms with Crippen LogP contribution in [0.1, 0.15) is 40.5 Å². The van der Waals surface area contributed by atoms with E-state index in [1.165, 1.54) is 0 Å². The van der Waals surface area contributed by atoms with Crippen molar-refractivity contribution in [1.82, 2.24) is 4.90 Å². The summed E-state index contributed by atoms with van der Waals surface area (Å²) in [7, 11) is 2.06. The fraction of sp³-hybridized carbons (Fsp3) is 0.917. The molecular formula is C12H25NO2. The topological polar surface area (TPSA) is 40.5 Å². The lowest BCUT2D eigenvalue weighted by Gasteiger charge is -2.25. The van der Waals surface area contributed by atoms with Crippen molar-refractivity contribution >= 4 is 5.97 Å². The molecule has 3 heteroatoms. The first-order valence-corrected chi connectivity index (χ1v) is 5.61. The molecule has 0 radical (unpaired) electrons. The van der Waals surface area contributed by atoms with Gasteiger partial charge in [0.25, 0.3) is 0 Å². The molecule has 0 spiro atoms. The molecule has 90 valence electrons. The second kappa shape index (κ2) is 6.11. The molecule has 0 amide bonds. The maximum atomic E-state index is 10.5. The minimum Gasteiger partial charge on any atom is -0.481 e. The van der Waals surface area contributed by atoms with Gasteiger partial charge in [0.1, 0.15) is 0 Å². The number of rotatable bonds is 6. The average Bonchev–Trinajstić information content (AvgIpc) is 1.97. The van der Waals surface area contributed by atoms with Gasteiger partial charge in [0.15, 0.2) is 0 Å². The monoisotopic (exact) mass is 215 g/mol. The predicted molar refractivity (Wildman–Crippen MR) is 63.0 cm³/mol. The molecule has 3 nitrogen and oxygen atoms in total. The van der Waals surface area contributed by atoms with E-state index in [-0.39, 0.29) is 12.3 Å². The summed E-state index contributed by atoms with van der Waals surface area (Å²) in [6.45, 7) is 10.6. The van der Waals surface area contributed by atoms with E-state index >= 15 is 0 Å². The van der Waals surface area contributed by atoms with Gasteiger partial charge in [-0.3, -0.25) is 4.79 Å².